The first-order valence-electron chi connectivity index (χ1n) is 2.14. The topological polar surface area (TPSA) is 43.4 Å². The third kappa shape index (κ3) is 1.23. The van der Waals surface area contributed by atoms with E-state index in [1.807, 2.05) is 0 Å². The van der Waals surface area contributed by atoms with Gasteiger partial charge in [-0.3, -0.25) is 0 Å². The van der Waals surface area contributed by atoms with E-state index in [2.05, 4.69) is 10.1 Å². The van der Waals surface area contributed by atoms with E-state index in [9.17, 15) is 8.42 Å². The summed E-state index contributed by atoms with van der Waals surface area (Å²) in [6.45, 7) is 0.259. The Bertz CT molecular complexity index is 189. The summed E-state index contributed by atoms with van der Waals surface area (Å²) >= 11 is 0. The van der Waals surface area contributed by atoms with Crippen molar-refractivity contribution >= 4 is 9.84 Å². The molecule has 1 aliphatic rings. The second kappa shape index (κ2) is 1.78. The van der Waals surface area contributed by atoms with E-state index < -0.39 is 9.84 Å². The summed E-state index contributed by atoms with van der Waals surface area (Å²) in [5.41, 5.74) is 0. The lowest BCUT2D eigenvalue weighted by atomic mass is 10.8. The van der Waals surface area contributed by atoms with Crippen molar-refractivity contribution in [2.45, 2.75) is 0 Å². The molecule has 0 aromatic heterocycles. The van der Waals surface area contributed by atoms with Gasteiger partial charge in [-0.05, 0) is 0 Å². The maximum absolute atomic E-state index is 10.4. The average molecular weight is 133 g/mol. The molecule has 1 aliphatic heterocycles. The van der Waals surface area contributed by atoms with E-state index in [1.165, 1.54) is 0 Å². The fourth-order valence-corrected chi connectivity index (χ4v) is 1.03. The highest BCUT2D eigenvalue weighted by Crippen LogP contribution is 1.97. The Morgan fingerprint density at radius 2 is 2.38 bits per heavy atom. The third-order valence-electron chi connectivity index (χ3n) is 0.781. The fourth-order valence-electron chi connectivity index (χ4n) is 0.383. The second-order valence-electron chi connectivity index (χ2n) is 1.43. The van der Waals surface area contributed by atoms with Gasteiger partial charge in [0.05, 0.1) is 5.75 Å². The molecule has 3 nitrogen and oxygen atoms in total. The zero-order chi connectivity index (χ0) is 6.04. The van der Waals surface area contributed by atoms with Crippen LogP contribution in [0.25, 0.3) is 0 Å². The van der Waals surface area contributed by atoms with E-state index in [0.29, 0.717) is 0 Å². The van der Waals surface area contributed by atoms with Crippen LogP contribution in [0.15, 0.2) is 6.26 Å². The molecule has 45 valence electrons. The monoisotopic (exact) mass is 133 g/mol. The van der Waals surface area contributed by atoms with Gasteiger partial charge in [0, 0.05) is 0 Å². The minimum atomic E-state index is -3.01. The Hall–Kier alpha value is -0.510. The van der Waals surface area contributed by atoms with Crippen molar-refractivity contribution in [3.8, 4) is 0 Å². The number of ether oxygens (including phenoxy) is 1. The molecule has 0 bridgehead atoms. The highest BCUT2D eigenvalue weighted by Gasteiger charge is 2.09. The molecule has 0 aromatic carbocycles. The molecule has 0 saturated heterocycles. The van der Waals surface area contributed by atoms with Crippen LogP contribution in [0.1, 0.15) is 0 Å². The zero-order valence-electron chi connectivity index (χ0n) is 4.12. The number of rotatable bonds is 0. The second-order valence-corrected chi connectivity index (χ2v) is 3.30. The van der Waals surface area contributed by atoms with Crippen molar-refractivity contribution in [2.75, 3.05) is 12.4 Å². The maximum atomic E-state index is 10.4. The molecule has 0 saturated carbocycles. The lowest BCUT2D eigenvalue weighted by molar-refractivity contribution is 0.265. The van der Waals surface area contributed by atoms with Crippen molar-refractivity contribution in [3.63, 3.8) is 0 Å². The van der Waals surface area contributed by atoms with Crippen LogP contribution in [0.4, 0.5) is 0 Å². The van der Waals surface area contributed by atoms with Gasteiger partial charge >= 0.3 is 0 Å². The van der Waals surface area contributed by atoms with Crippen LogP contribution in [0, 0.1) is 5.41 Å². The molecule has 0 aliphatic carbocycles. The van der Waals surface area contributed by atoms with E-state index in [4.69, 9.17) is 0 Å². The first-order chi connectivity index (χ1) is 3.71. The predicted molar refractivity (Wildman–Crippen MR) is 27.6 cm³/mol. The molecule has 0 amide bonds. The van der Waals surface area contributed by atoms with Gasteiger partial charge < -0.3 is 4.74 Å². The van der Waals surface area contributed by atoms with Gasteiger partial charge in [-0.2, -0.15) is 0 Å². The molecule has 0 unspecified atom stereocenters. The molecule has 1 heterocycles. The van der Waals surface area contributed by atoms with Crippen LogP contribution in [-0.2, 0) is 14.6 Å². The number of hydrogen-bond acceptors (Lipinski definition) is 3. The van der Waals surface area contributed by atoms with Crippen LogP contribution in [0.5, 0.6) is 0 Å². The van der Waals surface area contributed by atoms with Crippen molar-refractivity contribution in [3.05, 3.63) is 11.7 Å². The number of hydrogen-bond donors (Lipinski definition) is 0. The van der Waals surface area contributed by atoms with Crippen molar-refractivity contribution in [1.29, 1.82) is 0 Å². The lowest BCUT2D eigenvalue weighted by Crippen LogP contribution is -2.12. The van der Waals surface area contributed by atoms with E-state index in [0.717, 1.165) is 6.26 Å². The molecular formula is C4H5O3S. The molecule has 1 rings (SSSR count). The Morgan fingerprint density at radius 1 is 1.62 bits per heavy atom. The summed E-state index contributed by atoms with van der Waals surface area (Å²) in [5, 5.41) is 2.08. The molecule has 8 heavy (non-hydrogen) atoms. The summed E-state index contributed by atoms with van der Waals surface area (Å²) < 4.78 is 25.4. The van der Waals surface area contributed by atoms with Crippen LogP contribution in [0.2, 0.25) is 0 Å². The first-order valence-corrected chi connectivity index (χ1v) is 3.79. The molecule has 0 N–H and O–H groups in total. The summed E-state index contributed by atoms with van der Waals surface area (Å²) in [5.74, 6) is 0.0590. The van der Waals surface area contributed by atoms with Crippen LogP contribution < -0.4 is 0 Å². The van der Waals surface area contributed by atoms with Gasteiger partial charge in [-0.15, -0.1) is 0 Å². The Labute approximate surface area is 47.9 Å². The molecule has 0 aromatic rings. The predicted octanol–water partition coefficient (Wildman–Crippen LogP) is -0.294. The highest BCUT2D eigenvalue weighted by molar-refractivity contribution is 7.93. The normalized spacial score (nSPS) is 24.5. The molecule has 0 spiro atoms. The highest BCUT2D eigenvalue weighted by atomic mass is 32.2. The Morgan fingerprint density at radius 3 is 2.62 bits per heavy atom. The van der Waals surface area contributed by atoms with Gasteiger partial charge in [0.2, 0.25) is 0 Å². The molecule has 0 atom stereocenters. The van der Waals surface area contributed by atoms with Crippen LogP contribution >= 0.6 is 0 Å². The van der Waals surface area contributed by atoms with Gasteiger partial charge in [-0.25, -0.2) is 8.42 Å². The molecular weight excluding hydrogens is 128 g/mol. The zero-order valence-corrected chi connectivity index (χ0v) is 4.94. The maximum Gasteiger partial charge on any atom is 0.186 e. The summed E-state index contributed by atoms with van der Waals surface area (Å²) in [6, 6.07) is 0. The third-order valence-corrected chi connectivity index (χ3v) is 1.94. The van der Waals surface area contributed by atoms with Crippen LogP contribution in [-0.4, -0.2) is 20.8 Å². The van der Waals surface area contributed by atoms with Crippen molar-refractivity contribution < 1.29 is 13.2 Å². The van der Waals surface area contributed by atoms with Crippen LogP contribution in [0.3, 0.4) is 0 Å². The largest absolute Gasteiger partial charge is 0.499 e. The number of sulfone groups is 1. The van der Waals surface area contributed by atoms with Crippen molar-refractivity contribution in [2.24, 2.45) is 0 Å². The minimum Gasteiger partial charge on any atom is -0.499 e. The average Bonchev–Trinajstić information content (AvgIpc) is 1.65. The minimum absolute atomic E-state index is 0.0590. The smallest absolute Gasteiger partial charge is 0.186 e. The molecule has 0 fully saturated rings. The lowest BCUT2D eigenvalue weighted by Gasteiger charge is -2.03. The fraction of sp³-hybridized carbons (Fsp3) is 0.500. The van der Waals surface area contributed by atoms with Gasteiger partial charge in [0.15, 0.2) is 9.84 Å². The molecule has 4 heteroatoms. The summed E-state index contributed by atoms with van der Waals surface area (Å²) in [4.78, 5) is 0. The van der Waals surface area contributed by atoms with E-state index >= 15 is 0 Å². The quantitative estimate of drug-likeness (QED) is 0.456. The molecule has 1 radical (unpaired) electrons. The summed E-state index contributed by atoms with van der Waals surface area (Å²) in [7, 11) is -3.01. The summed E-state index contributed by atoms with van der Waals surface area (Å²) in [6.07, 6.45) is 1.08. The van der Waals surface area contributed by atoms with E-state index in [1.54, 1.807) is 0 Å². The Kier molecular flexibility index (Phi) is 1.25. The standard InChI is InChI=1S/C4H5O3S/c5-8(6)3-1-7-2-4-8/h1H,2,4H2. The first kappa shape index (κ1) is 5.62. The van der Waals surface area contributed by atoms with Gasteiger partial charge in [0.1, 0.15) is 18.3 Å². The van der Waals surface area contributed by atoms with E-state index in [-0.39, 0.29) is 12.4 Å². The SMILES string of the molecule is O=S1(=O)[C]=COCC1. The van der Waals surface area contributed by atoms with Gasteiger partial charge in [0.25, 0.3) is 0 Å². The van der Waals surface area contributed by atoms with Gasteiger partial charge in [-0.1, -0.05) is 0 Å². The Balaban J connectivity index is 2.87. The van der Waals surface area contributed by atoms with Crippen molar-refractivity contribution in [1.82, 2.24) is 0 Å².